The van der Waals surface area contributed by atoms with Crippen LogP contribution in [-0.2, 0) is 28.6 Å². The SMILES string of the molecule is CCCCCCCCCCCCCCCCCCC(=O)OC[C@@H](COC(=O)CCCCCCCCCCCCC(C)C)OC(=O)CCCCCCCCCCCC. The highest BCUT2D eigenvalue weighted by atomic mass is 16.6. The predicted octanol–water partition coefficient (Wildman–Crippen LogP) is 16.3. The molecule has 0 spiro atoms. The van der Waals surface area contributed by atoms with E-state index in [4.69, 9.17) is 14.2 Å². The van der Waals surface area contributed by atoms with Crippen molar-refractivity contribution in [2.75, 3.05) is 13.2 Å². The molecule has 1 atom stereocenters. The van der Waals surface area contributed by atoms with Crippen molar-refractivity contribution in [1.82, 2.24) is 0 Å². The van der Waals surface area contributed by atoms with E-state index >= 15 is 0 Å². The maximum absolute atomic E-state index is 12.7. The summed E-state index contributed by atoms with van der Waals surface area (Å²) in [6.07, 6.45) is 46.6. The molecule has 0 bridgehead atoms. The van der Waals surface area contributed by atoms with Gasteiger partial charge >= 0.3 is 17.9 Å². The molecular formula is C51H98O6. The Bertz CT molecular complexity index is 857. The molecule has 0 unspecified atom stereocenters. The van der Waals surface area contributed by atoms with E-state index in [1.807, 2.05) is 0 Å². The number of unbranched alkanes of at least 4 members (excludes halogenated alkanes) is 33. The zero-order valence-electron chi connectivity index (χ0n) is 38.8. The quantitative estimate of drug-likeness (QED) is 0.0346. The summed E-state index contributed by atoms with van der Waals surface area (Å²) in [7, 11) is 0. The third kappa shape index (κ3) is 45.3. The Balaban J connectivity index is 4.27. The van der Waals surface area contributed by atoms with Crippen LogP contribution in [0.4, 0.5) is 0 Å². The molecule has 0 aliphatic carbocycles. The van der Waals surface area contributed by atoms with Crippen molar-refractivity contribution in [2.24, 2.45) is 5.92 Å². The molecule has 57 heavy (non-hydrogen) atoms. The van der Waals surface area contributed by atoms with Crippen LogP contribution in [0.1, 0.15) is 285 Å². The van der Waals surface area contributed by atoms with Gasteiger partial charge in [0, 0.05) is 19.3 Å². The molecule has 0 saturated carbocycles. The average molecular weight is 807 g/mol. The number of hydrogen-bond donors (Lipinski definition) is 0. The van der Waals surface area contributed by atoms with Crippen molar-refractivity contribution in [3.05, 3.63) is 0 Å². The number of rotatable bonds is 46. The van der Waals surface area contributed by atoms with Gasteiger partial charge in [0.1, 0.15) is 13.2 Å². The molecule has 0 amide bonds. The van der Waals surface area contributed by atoms with E-state index in [0.29, 0.717) is 19.3 Å². The molecule has 0 saturated heterocycles. The smallest absolute Gasteiger partial charge is 0.306 e. The summed E-state index contributed by atoms with van der Waals surface area (Å²) in [6, 6.07) is 0. The highest BCUT2D eigenvalue weighted by molar-refractivity contribution is 5.71. The zero-order valence-corrected chi connectivity index (χ0v) is 38.8. The minimum absolute atomic E-state index is 0.0630. The van der Waals surface area contributed by atoms with Gasteiger partial charge in [0.05, 0.1) is 0 Å². The van der Waals surface area contributed by atoms with Crippen LogP contribution in [-0.4, -0.2) is 37.2 Å². The van der Waals surface area contributed by atoms with Gasteiger partial charge in [-0.05, 0) is 25.2 Å². The standard InChI is InChI=1S/C51H98O6/c1-5-7-9-11-13-15-17-18-19-20-21-22-27-30-34-38-42-49(52)55-45-48(57-51(54)44-40-36-32-26-16-14-12-10-8-6-2)46-56-50(53)43-39-35-31-28-24-23-25-29-33-37-41-47(3)4/h47-48H,5-46H2,1-4H3/t48-/m0/s1. The Morgan fingerprint density at radius 2 is 0.579 bits per heavy atom. The molecule has 0 N–H and O–H groups in total. The summed E-state index contributed by atoms with van der Waals surface area (Å²) in [4.78, 5) is 37.8. The Labute approximate surface area is 355 Å². The Kier molecular flexibility index (Phi) is 44.2. The molecule has 0 radical (unpaired) electrons. The van der Waals surface area contributed by atoms with E-state index in [2.05, 4.69) is 27.7 Å². The summed E-state index contributed by atoms with van der Waals surface area (Å²) in [6.45, 7) is 9.00. The fourth-order valence-corrected chi connectivity index (χ4v) is 7.69. The van der Waals surface area contributed by atoms with Crippen LogP contribution in [0.5, 0.6) is 0 Å². The van der Waals surface area contributed by atoms with Crippen LogP contribution in [0.25, 0.3) is 0 Å². The summed E-state index contributed by atoms with van der Waals surface area (Å²) in [5, 5.41) is 0. The minimum Gasteiger partial charge on any atom is -0.462 e. The van der Waals surface area contributed by atoms with Gasteiger partial charge in [-0.3, -0.25) is 14.4 Å². The maximum atomic E-state index is 12.7. The van der Waals surface area contributed by atoms with Crippen LogP contribution < -0.4 is 0 Å². The Hall–Kier alpha value is -1.59. The molecular weight excluding hydrogens is 709 g/mol. The van der Waals surface area contributed by atoms with Crippen LogP contribution in [0.15, 0.2) is 0 Å². The second-order valence-electron chi connectivity index (χ2n) is 17.9. The van der Waals surface area contributed by atoms with Gasteiger partial charge < -0.3 is 14.2 Å². The number of carbonyl (C=O) groups is 3. The van der Waals surface area contributed by atoms with Gasteiger partial charge in [0.15, 0.2) is 6.10 Å². The molecule has 0 aromatic rings. The third-order valence-electron chi connectivity index (χ3n) is 11.5. The third-order valence-corrected chi connectivity index (χ3v) is 11.5. The number of carbonyl (C=O) groups excluding carboxylic acids is 3. The Morgan fingerprint density at radius 3 is 0.860 bits per heavy atom. The molecule has 0 aliphatic rings. The van der Waals surface area contributed by atoms with Crippen molar-refractivity contribution < 1.29 is 28.6 Å². The fraction of sp³-hybridized carbons (Fsp3) is 0.941. The van der Waals surface area contributed by atoms with Gasteiger partial charge in [-0.25, -0.2) is 0 Å². The molecule has 6 nitrogen and oxygen atoms in total. The summed E-state index contributed by atoms with van der Waals surface area (Å²) in [5.74, 6) is -0.0292. The van der Waals surface area contributed by atoms with Crippen LogP contribution in [0, 0.1) is 5.92 Å². The van der Waals surface area contributed by atoms with E-state index in [1.165, 1.54) is 180 Å². The topological polar surface area (TPSA) is 78.9 Å². The van der Waals surface area contributed by atoms with Crippen LogP contribution >= 0.6 is 0 Å². The largest absolute Gasteiger partial charge is 0.462 e. The first-order chi connectivity index (χ1) is 27.9. The zero-order chi connectivity index (χ0) is 41.7. The van der Waals surface area contributed by atoms with Gasteiger partial charge in [-0.1, -0.05) is 246 Å². The van der Waals surface area contributed by atoms with E-state index < -0.39 is 6.10 Å². The minimum atomic E-state index is -0.760. The molecule has 0 aliphatic heterocycles. The molecule has 0 aromatic heterocycles. The van der Waals surface area contributed by atoms with Gasteiger partial charge in [-0.2, -0.15) is 0 Å². The predicted molar refractivity (Wildman–Crippen MR) is 243 cm³/mol. The van der Waals surface area contributed by atoms with Crippen molar-refractivity contribution in [1.29, 1.82) is 0 Å². The fourth-order valence-electron chi connectivity index (χ4n) is 7.69. The van der Waals surface area contributed by atoms with Crippen molar-refractivity contribution >= 4 is 17.9 Å². The van der Waals surface area contributed by atoms with Crippen LogP contribution in [0.3, 0.4) is 0 Å². The monoisotopic (exact) mass is 807 g/mol. The molecule has 0 rings (SSSR count). The highest BCUT2D eigenvalue weighted by Gasteiger charge is 2.19. The first-order valence-electron chi connectivity index (χ1n) is 25.4. The van der Waals surface area contributed by atoms with E-state index in [9.17, 15) is 14.4 Å². The molecule has 0 fully saturated rings. The Morgan fingerprint density at radius 1 is 0.333 bits per heavy atom. The first kappa shape index (κ1) is 55.4. The first-order valence-corrected chi connectivity index (χ1v) is 25.4. The van der Waals surface area contributed by atoms with Crippen molar-refractivity contribution in [3.8, 4) is 0 Å². The van der Waals surface area contributed by atoms with Crippen LogP contribution in [0.2, 0.25) is 0 Å². The van der Waals surface area contributed by atoms with Gasteiger partial charge in [-0.15, -0.1) is 0 Å². The second-order valence-corrected chi connectivity index (χ2v) is 17.9. The lowest BCUT2D eigenvalue weighted by Crippen LogP contribution is -2.30. The summed E-state index contributed by atoms with van der Waals surface area (Å²) in [5.41, 5.74) is 0. The summed E-state index contributed by atoms with van der Waals surface area (Å²) < 4.78 is 16.8. The molecule has 0 aromatic carbocycles. The highest BCUT2D eigenvalue weighted by Crippen LogP contribution is 2.17. The van der Waals surface area contributed by atoms with E-state index in [-0.39, 0.29) is 31.1 Å². The van der Waals surface area contributed by atoms with E-state index in [1.54, 1.807) is 0 Å². The normalized spacial score (nSPS) is 11.9. The van der Waals surface area contributed by atoms with E-state index in [0.717, 1.165) is 63.7 Å². The maximum Gasteiger partial charge on any atom is 0.306 e. The van der Waals surface area contributed by atoms with Gasteiger partial charge in [0.2, 0.25) is 0 Å². The van der Waals surface area contributed by atoms with Crippen molar-refractivity contribution in [3.63, 3.8) is 0 Å². The lowest BCUT2D eigenvalue weighted by Gasteiger charge is -2.18. The number of esters is 3. The lowest BCUT2D eigenvalue weighted by atomic mass is 10.0. The molecule has 0 heterocycles. The second kappa shape index (κ2) is 45.5. The molecule has 338 valence electrons. The van der Waals surface area contributed by atoms with Crippen molar-refractivity contribution in [2.45, 2.75) is 291 Å². The summed E-state index contributed by atoms with van der Waals surface area (Å²) >= 11 is 0. The lowest BCUT2D eigenvalue weighted by molar-refractivity contribution is -0.167. The number of hydrogen-bond acceptors (Lipinski definition) is 6. The molecule has 6 heteroatoms. The average Bonchev–Trinajstić information content (AvgIpc) is 3.19. The number of ether oxygens (including phenoxy) is 3. The van der Waals surface area contributed by atoms with Gasteiger partial charge in [0.25, 0.3) is 0 Å².